The molecule has 0 radical (unpaired) electrons. The summed E-state index contributed by atoms with van der Waals surface area (Å²) in [6, 6.07) is 6.77. The van der Waals surface area contributed by atoms with Gasteiger partial charge in [0.2, 0.25) is 5.95 Å². The standard InChI is InChI=1S/C15H17FN4/c16-12-7-2-1-5-10(12)9-13-11-6-3-4-8-18-14(11)20-15(17)19-13/h1-2,5,7H,3-4,6,8-9H2,(H3,17,18,19,20). The maximum atomic E-state index is 13.8. The number of benzene rings is 1. The monoisotopic (exact) mass is 272 g/mol. The van der Waals surface area contributed by atoms with Gasteiger partial charge in [0.05, 0.1) is 5.69 Å². The minimum Gasteiger partial charge on any atom is -0.370 e. The maximum absolute atomic E-state index is 13.8. The van der Waals surface area contributed by atoms with Crippen molar-refractivity contribution in [1.82, 2.24) is 9.97 Å². The average Bonchev–Trinajstić information content (AvgIpc) is 2.66. The van der Waals surface area contributed by atoms with Crippen molar-refractivity contribution in [3.05, 3.63) is 46.9 Å². The molecular formula is C15H17FN4. The van der Waals surface area contributed by atoms with Crippen molar-refractivity contribution in [1.29, 1.82) is 0 Å². The Bertz CT molecular complexity index is 627. The minimum absolute atomic E-state index is 0.208. The van der Waals surface area contributed by atoms with Gasteiger partial charge in [-0.25, -0.2) is 9.37 Å². The fourth-order valence-electron chi connectivity index (χ4n) is 2.56. The second-order valence-electron chi connectivity index (χ2n) is 5.01. The van der Waals surface area contributed by atoms with E-state index in [1.165, 1.54) is 6.07 Å². The second kappa shape index (κ2) is 5.45. The zero-order chi connectivity index (χ0) is 13.9. The Hall–Kier alpha value is -2.17. The molecule has 1 aliphatic heterocycles. The van der Waals surface area contributed by atoms with E-state index in [4.69, 9.17) is 5.73 Å². The Balaban J connectivity index is 2.01. The number of fused-ring (bicyclic) bond motifs is 1. The highest BCUT2D eigenvalue weighted by Crippen LogP contribution is 2.25. The van der Waals surface area contributed by atoms with E-state index in [-0.39, 0.29) is 11.8 Å². The molecule has 104 valence electrons. The molecule has 1 aromatic carbocycles. The number of nitrogen functional groups attached to an aromatic ring is 1. The summed E-state index contributed by atoms with van der Waals surface area (Å²) in [6.07, 6.45) is 3.53. The summed E-state index contributed by atoms with van der Waals surface area (Å²) in [6.45, 7) is 0.891. The van der Waals surface area contributed by atoms with Crippen LogP contribution in [0.1, 0.15) is 29.7 Å². The van der Waals surface area contributed by atoms with Crippen molar-refractivity contribution in [2.24, 2.45) is 0 Å². The van der Waals surface area contributed by atoms with Crippen LogP contribution in [-0.2, 0) is 12.8 Å². The van der Waals surface area contributed by atoms with Crippen LogP contribution in [0.15, 0.2) is 24.3 Å². The molecule has 20 heavy (non-hydrogen) atoms. The first-order valence-electron chi connectivity index (χ1n) is 6.86. The molecule has 1 aromatic heterocycles. The van der Waals surface area contributed by atoms with Crippen molar-refractivity contribution in [3.63, 3.8) is 0 Å². The van der Waals surface area contributed by atoms with Crippen LogP contribution in [0.3, 0.4) is 0 Å². The summed E-state index contributed by atoms with van der Waals surface area (Å²) in [4.78, 5) is 8.58. The molecule has 1 aliphatic rings. The lowest BCUT2D eigenvalue weighted by Crippen LogP contribution is -2.10. The first-order valence-corrected chi connectivity index (χ1v) is 6.86. The maximum Gasteiger partial charge on any atom is 0.222 e. The molecule has 0 spiro atoms. The second-order valence-corrected chi connectivity index (χ2v) is 5.01. The van der Waals surface area contributed by atoms with E-state index in [9.17, 15) is 4.39 Å². The Labute approximate surface area is 117 Å². The van der Waals surface area contributed by atoms with E-state index in [0.29, 0.717) is 12.0 Å². The van der Waals surface area contributed by atoms with E-state index in [1.54, 1.807) is 12.1 Å². The van der Waals surface area contributed by atoms with Crippen LogP contribution in [0.5, 0.6) is 0 Å². The lowest BCUT2D eigenvalue weighted by molar-refractivity contribution is 0.612. The molecule has 0 unspecified atom stereocenters. The van der Waals surface area contributed by atoms with E-state index >= 15 is 0 Å². The molecule has 5 heteroatoms. The van der Waals surface area contributed by atoms with Crippen LogP contribution in [-0.4, -0.2) is 16.5 Å². The molecular weight excluding hydrogens is 255 g/mol. The zero-order valence-corrected chi connectivity index (χ0v) is 11.2. The summed E-state index contributed by atoms with van der Waals surface area (Å²) in [5, 5.41) is 3.28. The van der Waals surface area contributed by atoms with Gasteiger partial charge in [0.25, 0.3) is 0 Å². The molecule has 0 amide bonds. The summed E-state index contributed by atoms with van der Waals surface area (Å²) < 4.78 is 13.8. The van der Waals surface area contributed by atoms with Gasteiger partial charge in [-0.2, -0.15) is 4.98 Å². The van der Waals surface area contributed by atoms with Crippen molar-refractivity contribution < 1.29 is 4.39 Å². The molecule has 2 heterocycles. The quantitative estimate of drug-likeness (QED) is 0.881. The fourth-order valence-corrected chi connectivity index (χ4v) is 2.56. The van der Waals surface area contributed by atoms with E-state index in [2.05, 4.69) is 15.3 Å². The first kappa shape index (κ1) is 12.8. The number of nitrogens with one attached hydrogen (secondary N) is 1. The number of nitrogens with zero attached hydrogens (tertiary/aromatic N) is 2. The zero-order valence-electron chi connectivity index (χ0n) is 11.2. The van der Waals surface area contributed by atoms with Crippen LogP contribution in [0.25, 0.3) is 0 Å². The van der Waals surface area contributed by atoms with Gasteiger partial charge in [-0.3, -0.25) is 0 Å². The van der Waals surface area contributed by atoms with Gasteiger partial charge in [0.1, 0.15) is 11.6 Å². The highest BCUT2D eigenvalue weighted by molar-refractivity contribution is 5.51. The molecule has 3 N–H and O–H groups in total. The van der Waals surface area contributed by atoms with Gasteiger partial charge in [-0.05, 0) is 30.9 Å². The number of anilines is 2. The molecule has 0 aliphatic carbocycles. The van der Waals surface area contributed by atoms with Crippen LogP contribution >= 0.6 is 0 Å². The van der Waals surface area contributed by atoms with Crippen molar-refractivity contribution in [2.45, 2.75) is 25.7 Å². The van der Waals surface area contributed by atoms with Gasteiger partial charge in [0, 0.05) is 18.5 Å². The van der Waals surface area contributed by atoms with Crippen molar-refractivity contribution in [3.8, 4) is 0 Å². The molecule has 3 rings (SSSR count). The Kier molecular flexibility index (Phi) is 3.50. The largest absolute Gasteiger partial charge is 0.370 e. The summed E-state index contributed by atoms with van der Waals surface area (Å²) in [5.41, 5.74) is 8.30. The van der Waals surface area contributed by atoms with Crippen molar-refractivity contribution >= 4 is 11.8 Å². The molecule has 0 atom stereocenters. The van der Waals surface area contributed by atoms with Crippen LogP contribution in [0, 0.1) is 5.82 Å². The first-order chi connectivity index (χ1) is 9.74. The molecule has 4 nitrogen and oxygen atoms in total. The smallest absolute Gasteiger partial charge is 0.222 e. The van der Waals surface area contributed by atoms with Crippen LogP contribution in [0.4, 0.5) is 16.2 Å². The average molecular weight is 272 g/mol. The van der Waals surface area contributed by atoms with Gasteiger partial charge in [-0.1, -0.05) is 18.2 Å². The number of nitrogens with two attached hydrogens (primary N) is 1. The topological polar surface area (TPSA) is 63.8 Å². The minimum atomic E-state index is -0.208. The fraction of sp³-hybridized carbons (Fsp3) is 0.333. The number of rotatable bonds is 2. The van der Waals surface area contributed by atoms with E-state index < -0.39 is 0 Å². The highest BCUT2D eigenvalue weighted by Gasteiger charge is 2.16. The Morgan fingerprint density at radius 1 is 1.20 bits per heavy atom. The van der Waals surface area contributed by atoms with Gasteiger partial charge in [-0.15, -0.1) is 0 Å². The Morgan fingerprint density at radius 3 is 2.90 bits per heavy atom. The van der Waals surface area contributed by atoms with Gasteiger partial charge in [0.15, 0.2) is 0 Å². The molecule has 0 saturated carbocycles. The van der Waals surface area contributed by atoms with Gasteiger partial charge >= 0.3 is 0 Å². The predicted molar refractivity (Wildman–Crippen MR) is 77.1 cm³/mol. The number of hydrogen-bond acceptors (Lipinski definition) is 4. The summed E-state index contributed by atoms with van der Waals surface area (Å²) in [5.74, 6) is 0.839. The molecule has 0 fully saturated rings. The van der Waals surface area contributed by atoms with E-state index in [0.717, 1.165) is 42.9 Å². The molecule has 0 saturated heterocycles. The van der Waals surface area contributed by atoms with E-state index in [1.807, 2.05) is 6.07 Å². The summed E-state index contributed by atoms with van der Waals surface area (Å²) in [7, 11) is 0. The van der Waals surface area contributed by atoms with Crippen LogP contribution < -0.4 is 11.1 Å². The highest BCUT2D eigenvalue weighted by atomic mass is 19.1. The normalized spacial score (nSPS) is 14.2. The van der Waals surface area contributed by atoms with Crippen LogP contribution in [0.2, 0.25) is 0 Å². The summed E-state index contributed by atoms with van der Waals surface area (Å²) >= 11 is 0. The van der Waals surface area contributed by atoms with Crippen molar-refractivity contribution in [2.75, 3.05) is 17.6 Å². The SMILES string of the molecule is Nc1nc(Cc2ccccc2F)c2c(n1)NCCCC2. The third kappa shape index (κ3) is 2.57. The number of halogens is 1. The lowest BCUT2D eigenvalue weighted by atomic mass is 10.0. The third-order valence-corrected chi connectivity index (χ3v) is 3.57. The number of hydrogen-bond donors (Lipinski definition) is 2. The third-order valence-electron chi connectivity index (χ3n) is 3.57. The molecule has 0 bridgehead atoms. The number of aromatic nitrogens is 2. The van der Waals surface area contributed by atoms with Gasteiger partial charge < -0.3 is 11.1 Å². The predicted octanol–water partition coefficient (Wildman–Crippen LogP) is 2.54. The lowest BCUT2D eigenvalue weighted by Gasteiger charge is -2.12. The molecule has 2 aromatic rings. The Morgan fingerprint density at radius 2 is 2.05 bits per heavy atom.